The van der Waals surface area contributed by atoms with Gasteiger partial charge < -0.3 is 10.2 Å². The summed E-state index contributed by atoms with van der Waals surface area (Å²) in [6.07, 6.45) is 6.69. The maximum atomic E-state index is 10.9. The van der Waals surface area contributed by atoms with Crippen LogP contribution >= 0.6 is 23.2 Å². The molecule has 0 spiro atoms. The van der Waals surface area contributed by atoms with Crippen molar-refractivity contribution in [2.75, 3.05) is 19.6 Å². The monoisotopic (exact) mass is 328 g/mol. The van der Waals surface area contributed by atoms with Gasteiger partial charge in [-0.1, -0.05) is 42.1 Å². The molecule has 0 bridgehead atoms. The van der Waals surface area contributed by atoms with Gasteiger partial charge in [-0.15, -0.1) is 0 Å². The Kier molecular flexibility index (Phi) is 6.81. The van der Waals surface area contributed by atoms with E-state index >= 15 is 0 Å². The first-order chi connectivity index (χ1) is 10.2. The van der Waals surface area contributed by atoms with Gasteiger partial charge in [0.1, 0.15) is 0 Å². The number of likely N-dealkylation sites (tertiary alicyclic amines) is 1. The topological polar surface area (TPSA) is 32.3 Å². The van der Waals surface area contributed by atoms with Gasteiger partial charge in [0.05, 0.1) is 10.0 Å². The third kappa shape index (κ3) is 5.50. The Hall–Kier alpha value is -0.770. The average Bonchev–Trinajstić information content (AvgIpc) is 2.72. The van der Waals surface area contributed by atoms with E-state index in [1.165, 1.54) is 25.7 Å². The van der Waals surface area contributed by atoms with Crippen molar-refractivity contribution in [3.8, 4) is 0 Å². The summed E-state index contributed by atoms with van der Waals surface area (Å²) in [5.74, 6) is 0. The van der Waals surface area contributed by atoms with Crippen molar-refractivity contribution in [1.82, 2.24) is 10.2 Å². The summed E-state index contributed by atoms with van der Waals surface area (Å²) >= 11 is 12.0. The fraction of sp³-hybridized carbons (Fsp3) is 0.562. The second kappa shape index (κ2) is 8.62. The van der Waals surface area contributed by atoms with Gasteiger partial charge in [-0.2, -0.15) is 0 Å². The van der Waals surface area contributed by atoms with Crippen LogP contribution in [-0.2, 0) is 11.2 Å². The summed E-state index contributed by atoms with van der Waals surface area (Å²) in [4.78, 5) is 13.3. The van der Waals surface area contributed by atoms with Gasteiger partial charge in [0.2, 0.25) is 6.41 Å². The van der Waals surface area contributed by atoms with E-state index in [2.05, 4.69) is 10.2 Å². The first-order valence-corrected chi connectivity index (χ1v) is 8.30. The molecule has 21 heavy (non-hydrogen) atoms. The van der Waals surface area contributed by atoms with Crippen LogP contribution < -0.4 is 5.32 Å². The van der Waals surface area contributed by atoms with E-state index in [1.54, 1.807) is 0 Å². The van der Waals surface area contributed by atoms with Crippen LogP contribution in [0.4, 0.5) is 0 Å². The Balaban J connectivity index is 1.96. The molecule has 0 radical (unpaired) electrons. The molecule has 1 N–H and O–H groups in total. The maximum Gasteiger partial charge on any atom is 0.207 e. The fourth-order valence-electron chi connectivity index (χ4n) is 2.85. The number of amides is 1. The Labute approximate surface area is 136 Å². The number of carbonyl (C=O) groups is 1. The highest BCUT2D eigenvalue weighted by molar-refractivity contribution is 6.42. The van der Waals surface area contributed by atoms with Crippen LogP contribution in [0, 0.1) is 0 Å². The van der Waals surface area contributed by atoms with Gasteiger partial charge in [0.15, 0.2) is 0 Å². The molecule has 0 aliphatic carbocycles. The van der Waals surface area contributed by atoms with Gasteiger partial charge in [-0.3, -0.25) is 4.79 Å². The first kappa shape index (κ1) is 16.6. The first-order valence-electron chi connectivity index (χ1n) is 7.55. The standard InChI is InChI=1S/C16H22Cl2N2O/c17-15-6-5-13(10-16(15)18)9-14(19-12-21)11-20-7-3-1-2-4-8-20/h5-6,10,12,14H,1-4,7-9,11H2,(H,19,21). The molecular formula is C16H22Cl2N2O. The summed E-state index contributed by atoms with van der Waals surface area (Å²) in [5, 5.41) is 4.06. The molecule has 1 aliphatic rings. The summed E-state index contributed by atoms with van der Waals surface area (Å²) in [6.45, 7) is 3.13. The highest BCUT2D eigenvalue weighted by Gasteiger charge is 2.16. The van der Waals surface area contributed by atoms with Crippen LogP contribution in [0.25, 0.3) is 0 Å². The Bertz CT molecular complexity index is 460. The van der Waals surface area contributed by atoms with Crippen LogP contribution in [0.3, 0.4) is 0 Å². The quantitative estimate of drug-likeness (QED) is 0.810. The van der Waals surface area contributed by atoms with Crippen LogP contribution in [0.2, 0.25) is 10.0 Å². The predicted octanol–water partition coefficient (Wildman–Crippen LogP) is 3.53. The van der Waals surface area contributed by atoms with Crippen molar-refractivity contribution in [1.29, 1.82) is 0 Å². The second-order valence-corrected chi connectivity index (χ2v) is 6.46. The lowest BCUT2D eigenvalue weighted by Gasteiger charge is -2.26. The lowest BCUT2D eigenvalue weighted by atomic mass is 10.1. The van der Waals surface area contributed by atoms with E-state index in [9.17, 15) is 4.79 Å². The molecule has 1 saturated heterocycles. The smallest absolute Gasteiger partial charge is 0.207 e. The van der Waals surface area contributed by atoms with E-state index in [0.717, 1.165) is 38.0 Å². The van der Waals surface area contributed by atoms with E-state index in [4.69, 9.17) is 23.2 Å². The van der Waals surface area contributed by atoms with E-state index in [-0.39, 0.29) is 6.04 Å². The number of hydrogen-bond acceptors (Lipinski definition) is 2. The Morgan fingerprint density at radius 3 is 2.48 bits per heavy atom. The van der Waals surface area contributed by atoms with E-state index in [0.29, 0.717) is 10.0 Å². The minimum atomic E-state index is 0.109. The molecule has 1 aromatic carbocycles. The molecule has 116 valence electrons. The maximum absolute atomic E-state index is 10.9. The number of carbonyl (C=O) groups excluding carboxylic acids is 1. The fourth-order valence-corrected chi connectivity index (χ4v) is 3.17. The molecular weight excluding hydrogens is 307 g/mol. The molecule has 5 heteroatoms. The molecule has 0 aromatic heterocycles. The van der Waals surface area contributed by atoms with Crippen molar-refractivity contribution in [2.24, 2.45) is 0 Å². The molecule has 1 atom stereocenters. The zero-order valence-electron chi connectivity index (χ0n) is 12.2. The van der Waals surface area contributed by atoms with Crippen molar-refractivity contribution in [2.45, 2.75) is 38.1 Å². The van der Waals surface area contributed by atoms with Crippen molar-refractivity contribution < 1.29 is 4.79 Å². The average molecular weight is 329 g/mol. The number of benzene rings is 1. The minimum absolute atomic E-state index is 0.109. The lowest BCUT2D eigenvalue weighted by Crippen LogP contribution is -2.42. The number of nitrogens with one attached hydrogen (secondary N) is 1. The van der Waals surface area contributed by atoms with E-state index < -0.39 is 0 Å². The zero-order valence-corrected chi connectivity index (χ0v) is 13.7. The number of hydrogen-bond donors (Lipinski definition) is 1. The predicted molar refractivity (Wildman–Crippen MR) is 88.1 cm³/mol. The van der Waals surface area contributed by atoms with Gasteiger partial charge in [0, 0.05) is 12.6 Å². The second-order valence-electron chi connectivity index (χ2n) is 5.65. The molecule has 3 nitrogen and oxygen atoms in total. The SMILES string of the molecule is O=CNC(Cc1ccc(Cl)c(Cl)c1)CN1CCCCCC1. The van der Waals surface area contributed by atoms with Crippen LogP contribution in [-0.4, -0.2) is 37.0 Å². The largest absolute Gasteiger partial charge is 0.354 e. The third-order valence-electron chi connectivity index (χ3n) is 3.95. The van der Waals surface area contributed by atoms with Crippen molar-refractivity contribution in [3.63, 3.8) is 0 Å². The van der Waals surface area contributed by atoms with Gasteiger partial charge in [-0.25, -0.2) is 0 Å². The minimum Gasteiger partial charge on any atom is -0.354 e. The number of rotatable bonds is 6. The highest BCUT2D eigenvalue weighted by atomic mass is 35.5. The van der Waals surface area contributed by atoms with Gasteiger partial charge in [-0.05, 0) is 50.0 Å². The third-order valence-corrected chi connectivity index (χ3v) is 4.69. The number of nitrogens with zero attached hydrogens (tertiary/aromatic N) is 1. The van der Waals surface area contributed by atoms with Crippen molar-refractivity contribution in [3.05, 3.63) is 33.8 Å². The molecule has 1 aromatic rings. The van der Waals surface area contributed by atoms with Gasteiger partial charge in [0.25, 0.3) is 0 Å². The van der Waals surface area contributed by atoms with Crippen LogP contribution in [0.5, 0.6) is 0 Å². The molecule has 1 heterocycles. The summed E-state index contributed by atoms with van der Waals surface area (Å²) in [6, 6.07) is 5.77. The lowest BCUT2D eigenvalue weighted by molar-refractivity contribution is -0.110. The summed E-state index contributed by atoms with van der Waals surface area (Å²) in [5.41, 5.74) is 1.10. The highest BCUT2D eigenvalue weighted by Crippen LogP contribution is 2.23. The molecule has 1 amide bonds. The summed E-state index contributed by atoms with van der Waals surface area (Å²) in [7, 11) is 0. The Morgan fingerprint density at radius 2 is 1.86 bits per heavy atom. The molecule has 0 saturated carbocycles. The van der Waals surface area contributed by atoms with E-state index in [1.807, 2.05) is 18.2 Å². The van der Waals surface area contributed by atoms with Crippen LogP contribution in [0.1, 0.15) is 31.2 Å². The molecule has 1 unspecified atom stereocenters. The normalized spacial score (nSPS) is 18.0. The zero-order chi connectivity index (χ0) is 15.1. The summed E-state index contributed by atoms with van der Waals surface area (Å²) < 4.78 is 0. The van der Waals surface area contributed by atoms with Gasteiger partial charge >= 0.3 is 0 Å². The molecule has 2 rings (SSSR count). The molecule has 1 aliphatic heterocycles. The van der Waals surface area contributed by atoms with Crippen molar-refractivity contribution >= 4 is 29.6 Å². The number of halogens is 2. The molecule has 1 fully saturated rings. The Morgan fingerprint density at radius 1 is 1.14 bits per heavy atom. The van der Waals surface area contributed by atoms with Crippen LogP contribution in [0.15, 0.2) is 18.2 Å².